The molecule has 2 aromatic carbocycles. The first-order chi connectivity index (χ1) is 13.0. The van der Waals surface area contributed by atoms with Crippen molar-refractivity contribution in [1.29, 1.82) is 0 Å². The van der Waals surface area contributed by atoms with Gasteiger partial charge in [-0.1, -0.05) is 29.3 Å². The van der Waals surface area contributed by atoms with Crippen LogP contribution in [0.3, 0.4) is 0 Å². The number of ether oxygens (including phenoxy) is 1. The van der Waals surface area contributed by atoms with E-state index in [2.05, 4.69) is 9.80 Å². The van der Waals surface area contributed by atoms with Gasteiger partial charge in [0.25, 0.3) is 0 Å². The highest BCUT2D eigenvalue weighted by molar-refractivity contribution is 6.31. The molecule has 1 atom stereocenters. The SMILES string of the molecule is O[C@@H](COc1ccc(Cl)cc1)CN1CCN(Cc2c(F)cccc2Cl)CC1. The molecule has 1 fully saturated rings. The molecule has 1 heterocycles. The van der Waals surface area contributed by atoms with Crippen molar-refractivity contribution in [3.05, 3.63) is 63.9 Å². The summed E-state index contributed by atoms with van der Waals surface area (Å²) in [6.07, 6.45) is -0.576. The third kappa shape index (κ3) is 6.06. The summed E-state index contributed by atoms with van der Waals surface area (Å²) in [6, 6.07) is 11.8. The van der Waals surface area contributed by atoms with E-state index < -0.39 is 6.10 Å². The fraction of sp³-hybridized carbons (Fsp3) is 0.400. The molecule has 0 saturated carbocycles. The lowest BCUT2D eigenvalue weighted by Crippen LogP contribution is -2.48. The second-order valence-electron chi connectivity index (χ2n) is 6.70. The quantitative estimate of drug-likeness (QED) is 0.751. The summed E-state index contributed by atoms with van der Waals surface area (Å²) in [5, 5.41) is 11.3. The van der Waals surface area contributed by atoms with Gasteiger partial charge in [-0.05, 0) is 36.4 Å². The maximum atomic E-state index is 13.9. The maximum absolute atomic E-state index is 13.9. The predicted molar refractivity (Wildman–Crippen MR) is 106 cm³/mol. The molecule has 0 amide bonds. The Labute approximate surface area is 169 Å². The largest absolute Gasteiger partial charge is 0.491 e. The molecule has 3 rings (SSSR count). The molecule has 0 aliphatic carbocycles. The summed E-state index contributed by atoms with van der Waals surface area (Å²) in [5.41, 5.74) is 0.545. The minimum Gasteiger partial charge on any atom is -0.491 e. The van der Waals surface area contributed by atoms with E-state index in [0.717, 1.165) is 26.2 Å². The number of hydrogen-bond donors (Lipinski definition) is 1. The van der Waals surface area contributed by atoms with Crippen molar-refractivity contribution >= 4 is 23.2 Å². The van der Waals surface area contributed by atoms with Crippen LogP contribution >= 0.6 is 23.2 Å². The topological polar surface area (TPSA) is 35.9 Å². The van der Waals surface area contributed by atoms with Crippen LogP contribution in [-0.2, 0) is 6.54 Å². The molecule has 7 heteroatoms. The molecule has 2 aromatic rings. The van der Waals surface area contributed by atoms with Crippen molar-refractivity contribution in [3.8, 4) is 5.75 Å². The Balaban J connectivity index is 1.40. The van der Waals surface area contributed by atoms with Crippen molar-refractivity contribution in [2.24, 2.45) is 0 Å². The van der Waals surface area contributed by atoms with Crippen LogP contribution in [0, 0.1) is 5.82 Å². The first-order valence-electron chi connectivity index (χ1n) is 8.95. The molecule has 1 saturated heterocycles. The van der Waals surface area contributed by atoms with Crippen LogP contribution in [0.2, 0.25) is 10.0 Å². The number of piperazine rings is 1. The molecule has 4 nitrogen and oxygen atoms in total. The van der Waals surface area contributed by atoms with Crippen LogP contribution in [0.15, 0.2) is 42.5 Å². The van der Waals surface area contributed by atoms with Crippen LogP contribution in [0.1, 0.15) is 5.56 Å². The zero-order valence-corrected chi connectivity index (χ0v) is 16.5. The Morgan fingerprint density at radius 2 is 1.67 bits per heavy atom. The van der Waals surface area contributed by atoms with Gasteiger partial charge >= 0.3 is 0 Å². The normalized spacial score (nSPS) is 17.0. The lowest BCUT2D eigenvalue weighted by atomic mass is 10.1. The van der Waals surface area contributed by atoms with Crippen LogP contribution in [0.4, 0.5) is 4.39 Å². The highest BCUT2D eigenvalue weighted by Gasteiger charge is 2.21. The predicted octanol–water partition coefficient (Wildman–Crippen LogP) is 3.69. The molecule has 1 aliphatic rings. The van der Waals surface area contributed by atoms with Gasteiger partial charge in [-0.25, -0.2) is 4.39 Å². The Morgan fingerprint density at radius 3 is 2.33 bits per heavy atom. The molecule has 1 aliphatic heterocycles. The van der Waals surface area contributed by atoms with Gasteiger partial charge in [-0.3, -0.25) is 9.80 Å². The highest BCUT2D eigenvalue weighted by Crippen LogP contribution is 2.21. The number of nitrogens with zero attached hydrogens (tertiary/aromatic N) is 2. The summed E-state index contributed by atoms with van der Waals surface area (Å²) in [4.78, 5) is 4.37. The number of β-amino-alcohol motifs (C(OH)–C–C–N with tert-alkyl or cyclic N) is 1. The number of halogens is 3. The fourth-order valence-corrected chi connectivity index (χ4v) is 3.46. The van der Waals surface area contributed by atoms with Crippen molar-refractivity contribution in [3.63, 3.8) is 0 Å². The second-order valence-corrected chi connectivity index (χ2v) is 7.54. The van der Waals surface area contributed by atoms with Crippen LogP contribution in [0.5, 0.6) is 5.75 Å². The molecule has 0 spiro atoms. The van der Waals surface area contributed by atoms with Gasteiger partial charge in [0.05, 0.1) is 0 Å². The Hall–Kier alpha value is -1.37. The molecule has 0 bridgehead atoms. The van der Waals surface area contributed by atoms with Crippen molar-refractivity contribution in [2.75, 3.05) is 39.3 Å². The fourth-order valence-electron chi connectivity index (χ4n) is 3.11. The average Bonchev–Trinajstić information content (AvgIpc) is 2.66. The summed E-state index contributed by atoms with van der Waals surface area (Å²) in [7, 11) is 0. The molecule has 1 N–H and O–H groups in total. The van der Waals surface area contributed by atoms with E-state index in [-0.39, 0.29) is 12.4 Å². The van der Waals surface area contributed by atoms with Gasteiger partial charge in [-0.2, -0.15) is 0 Å². The van der Waals surface area contributed by atoms with Gasteiger partial charge in [-0.15, -0.1) is 0 Å². The third-order valence-corrected chi connectivity index (χ3v) is 5.24. The number of benzene rings is 2. The van der Waals surface area contributed by atoms with Gasteiger partial charge in [0.2, 0.25) is 0 Å². The van der Waals surface area contributed by atoms with E-state index in [0.29, 0.717) is 34.4 Å². The Bertz CT molecular complexity index is 717. The van der Waals surface area contributed by atoms with Crippen LogP contribution < -0.4 is 4.74 Å². The minimum absolute atomic E-state index is 0.229. The summed E-state index contributed by atoms with van der Waals surface area (Å²) in [6.45, 7) is 4.50. The van der Waals surface area contributed by atoms with Gasteiger partial charge in [0.1, 0.15) is 24.3 Å². The van der Waals surface area contributed by atoms with Crippen LogP contribution in [-0.4, -0.2) is 60.3 Å². The van der Waals surface area contributed by atoms with E-state index in [4.69, 9.17) is 27.9 Å². The van der Waals surface area contributed by atoms with Gasteiger partial charge < -0.3 is 9.84 Å². The van der Waals surface area contributed by atoms with E-state index in [1.54, 1.807) is 36.4 Å². The number of aliphatic hydroxyl groups is 1. The molecule has 146 valence electrons. The Kier molecular flexibility index (Phi) is 7.33. The molecule has 27 heavy (non-hydrogen) atoms. The number of aliphatic hydroxyl groups excluding tert-OH is 1. The monoisotopic (exact) mass is 412 g/mol. The lowest BCUT2D eigenvalue weighted by Gasteiger charge is -2.35. The average molecular weight is 413 g/mol. The third-order valence-electron chi connectivity index (χ3n) is 4.63. The van der Waals surface area contributed by atoms with Gasteiger partial charge in [0, 0.05) is 54.9 Å². The number of rotatable bonds is 7. The maximum Gasteiger partial charge on any atom is 0.129 e. The van der Waals surface area contributed by atoms with Crippen molar-refractivity contribution in [1.82, 2.24) is 9.80 Å². The standard InChI is InChI=1S/C20H23Cl2FN2O2/c21-15-4-6-17(7-5-15)27-14-16(26)12-24-8-10-25(11-9-24)13-18-19(22)2-1-3-20(18)23/h1-7,16,26H,8-14H2/t16-/m1/s1. The Morgan fingerprint density at radius 1 is 1.00 bits per heavy atom. The van der Waals surface area contributed by atoms with E-state index in [1.807, 2.05) is 0 Å². The zero-order valence-electron chi connectivity index (χ0n) is 15.0. The molecule has 0 aromatic heterocycles. The highest BCUT2D eigenvalue weighted by atomic mass is 35.5. The van der Waals surface area contributed by atoms with Gasteiger partial charge in [0.15, 0.2) is 0 Å². The molecule has 0 unspecified atom stereocenters. The number of hydrogen-bond acceptors (Lipinski definition) is 4. The molecule has 0 radical (unpaired) electrons. The van der Waals surface area contributed by atoms with E-state index in [1.165, 1.54) is 6.07 Å². The van der Waals surface area contributed by atoms with Crippen molar-refractivity contribution in [2.45, 2.75) is 12.6 Å². The second kappa shape index (κ2) is 9.71. The summed E-state index contributed by atoms with van der Waals surface area (Å²) < 4.78 is 19.5. The lowest BCUT2D eigenvalue weighted by molar-refractivity contribution is 0.0444. The first-order valence-corrected chi connectivity index (χ1v) is 9.71. The van der Waals surface area contributed by atoms with Crippen molar-refractivity contribution < 1.29 is 14.2 Å². The summed E-state index contributed by atoms with van der Waals surface area (Å²) >= 11 is 11.9. The smallest absolute Gasteiger partial charge is 0.129 e. The minimum atomic E-state index is -0.576. The molecular weight excluding hydrogens is 390 g/mol. The molecular formula is C20H23Cl2FN2O2. The first kappa shape index (κ1) is 20.4. The summed E-state index contributed by atoms with van der Waals surface area (Å²) in [5.74, 6) is 0.421. The zero-order chi connectivity index (χ0) is 19.2. The van der Waals surface area contributed by atoms with E-state index >= 15 is 0 Å². The van der Waals surface area contributed by atoms with E-state index in [9.17, 15) is 9.50 Å². The van der Waals surface area contributed by atoms with Crippen LogP contribution in [0.25, 0.3) is 0 Å².